The molecule has 3 aliphatic heterocycles. The van der Waals surface area contributed by atoms with Gasteiger partial charge in [-0.1, -0.05) is 6.07 Å². The van der Waals surface area contributed by atoms with E-state index in [-0.39, 0.29) is 23.5 Å². The first-order valence-electron chi connectivity index (χ1n) is 11.2. The molecule has 4 rings (SSSR count). The van der Waals surface area contributed by atoms with E-state index in [2.05, 4.69) is 4.90 Å². The number of nitrogens with zero attached hydrogens (tertiary/aromatic N) is 2. The van der Waals surface area contributed by atoms with Crippen LogP contribution in [0.5, 0.6) is 0 Å². The highest BCUT2D eigenvalue weighted by Gasteiger charge is 2.51. The Morgan fingerprint density at radius 3 is 2.63 bits per heavy atom. The zero-order valence-corrected chi connectivity index (χ0v) is 17.6. The summed E-state index contributed by atoms with van der Waals surface area (Å²) in [6.07, 6.45) is 5.81. The smallest absolute Gasteiger partial charge is 0.312 e. The number of halogens is 1. The van der Waals surface area contributed by atoms with Crippen LogP contribution in [0, 0.1) is 11.2 Å². The van der Waals surface area contributed by atoms with Gasteiger partial charge in [0.05, 0.1) is 11.0 Å². The summed E-state index contributed by atoms with van der Waals surface area (Å²) in [7, 11) is 0. The van der Waals surface area contributed by atoms with Gasteiger partial charge in [-0.2, -0.15) is 0 Å². The van der Waals surface area contributed by atoms with Gasteiger partial charge in [0.15, 0.2) is 0 Å². The van der Waals surface area contributed by atoms with Crippen molar-refractivity contribution in [2.24, 2.45) is 11.1 Å². The van der Waals surface area contributed by atoms with Crippen molar-refractivity contribution in [3.05, 3.63) is 35.1 Å². The summed E-state index contributed by atoms with van der Waals surface area (Å²) in [5.74, 6) is -0.909. The summed E-state index contributed by atoms with van der Waals surface area (Å²) in [4.78, 5) is 29.7. The van der Waals surface area contributed by atoms with Crippen molar-refractivity contribution in [3.63, 3.8) is 0 Å². The highest BCUT2D eigenvalue weighted by molar-refractivity contribution is 5.95. The van der Waals surface area contributed by atoms with Crippen LogP contribution >= 0.6 is 0 Å². The number of carbonyl (C=O) groups excluding carboxylic acids is 2. The number of rotatable bonds is 6. The lowest BCUT2D eigenvalue weighted by Crippen LogP contribution is -2.45. The molecule has 1 atom stereocenters. The molecule has 1 unspecified atom stereocenters. The third-order valence-corrected chi connectivity index (χ3v) is 6.92. The van der Waals surface area contributed by atoms with Crippen LogP contribution in [0.3, 0.4) is 0 Å². The fourth-order valence-electron chi connectivity index (χ4n) is 5.11. The first kappa shape index (κ1) is 21.2. The van der Waals surface area contributed by atoms with Crippen LogP contribution < -0.4 is 5.73 Å². The number of amides is 1. The van der Waals surface area contributed by atoms with Gasteiger partial charge in [-0.25, -0.2) is 4.39 Å². The van der Waals surface area contributed by atoms with E-state index in [9.17, 15) is 14.0 Å². The molecule has 0 radical (unpaired) electrons. The standard InChI is InChI=1S/C23H32FN3O3/c24-20-6-5-17(4-3-9-25)14-19(20)21(28)27-12-7-23(8-13-27)15-18(30-22(23)29)16-26-10-1-2-11-26/h5-6,14,18H,1-4,7-13,15-16,25H2. The predicted octanol–water partition coefficient (Wildman–Crippen LogP) is 2.35. The number of benzene rings is 1. The average molecular weight is 418 g/mol. The van der Waals surface area contributed by atoms with Gasteiger partial charge in [-0.3, -0.25) is 14.5 Å². The summed E-state index contributed by atoms with van der Waals surface area (Å²) in [6.45, 7) is 4.45. The predicted molar refractivity (Wildman–Crippen MR) is 112 cm³/mol. The Morgan fingerprint density at radius 1 is 1.20 bits per heavy atom. The van der Waals surface area contributed by atoms with Crippen molar-refractivity contribution in [2.75, 3.05) is 39.3 Å². The number of carbonyl (C=O) groups is 2. The molecular weight excluding hydrogens is 385 g/mol. The third-order valence-electron chi connectivity index (χ3n) is 6.92. The Bertz CT molecular complexity index is 786. The maximum Gasteiger partial charge on any atom is 0.312 e. The molecule has 3 heterocycles. The largest absolute Gasteiger partial charge is 0.461 e. The quantitative estimate of drug-likeness (QED) is 0.719. The summed E-state index contributed by atoms with van der Waals surface area (Å²) in [5.41, 5.74) is 6.10. The molecule has 1 amide bonds. The second kappa shape index (κ2) is 9.02. The Labute approximate surface area is 177 Å². The summed E-state index contributed by atoms with van der Waals surface area (Å²) >= 11 is 0. The molecular formula is C23H32FN3O3. The van der Waals surface area contributed by atoms with Crippen LogP contribution in [0.15, 0.2) is 18.2 Å². The van der Waals surface area contributed by atoms with Crippen molar-refractivity contribution >= 4 is 11.9 Å². The van der Waals surface area contributed by atoms with E-state index < -0.39 is 11.2 Å². The zero-order chi connectivity index (χ0) is 21.1. The van der Waals surface area contributed by atoms with Gasteiger partial charge in [0, 0.05) is 26.1 Å². The lowest BCUT2D eigenvalue weighted by molar-refractivity contribution is -0.151. The second-order valence-corrected chi connectivity index (χ2v) is 9.02. The van der Waals surface area contributed by atoms with Gasteiger partial charge in [0.2, 0.25) is 0 Å². The van der Waals surface area contributed by atoms with Crippen molar-refractivity contribution in [2.45, 2.75) is 51.0 Å². The van der Waals surface area contributed by atoms with E-state index in [1.807, 2.05) is 0 Å². The molecule has 164 valence electrons. The number of nitrogens with two attached hydrogens (primary N) is 1. The van der Waals surface area contributed by atoms with Crippen LogP contribution in [0.1, 0.15) is 54.4 Å². The molecule has 7 heteroatoms. The number of aryl methyl sites for hydroxylation is 1. The molecule has 30 heavy (non-hydrogen) atoms. The van der Waals surface area contributed by atoms with Gasteiger partial charge >= 0.3 is 5.97 Å². The Hall–Kier alpha value is -1.99. The summed E-state index contributed by atoms with van der Waals surface area (Å²) in [5, 5.41) is 0. The van der Waals surface area contributed by atoms with E-state index in [1.54, 1.807) is 17.0 Å². The van der Waals surface area contributed by atoms with Gasteiger partial charge in [0.25, 0.3) is 5.91 Å². The van der Waals surface area contributed by atoms with Crippen LogP contribution in [-0.4, -0.2) is 67.0 Å². The van der Waals surface area contributed by atoms with Gasteiger partial charge in [-0.05, 0) is 75.9 Å². The van der Waals surface area contributed by atoms with E-state index in [1.165, 1.54) is 18.9 Å². The zero-order valence-electron chi connectivity index (χ0n) is 17.6. The number of hydrogen-bond donors (Lipinski definition) is 1. The number of likely N-dealkylation sites (tertiary alicyclic amines) is 2. The Kier molecular flexibility index (Phi) is 6.39. The number of hydrogen-bond acceptors (Lipinski definition) is 5. The Morgan fingerprint density at radius 2 is 1.93 bits per heavy atom. The van der Waals surface area contributed by atoms with E-state index in [0.29, 0.717) is 32.5 Å². The maximum atomic E-state index is 14.3. The summed E-state index contributed by atoms with van der Waals surface area (Å²) < 4.78 is 20.1. The van der Waals surface area contributed by atoms with Crippen LogP contribution in [0.2, 0.25) is 0 Å². The topological polar surface area (TPSA) is 75.9 Å². The van der Waals surface area contributed by atoms with E-state index in [0.717, 1.165) is 44.5 Å². The van der Waals surface area contributed by atoms with Crippen LogP contribution in [0.25, 0.3) is 0 Å². The number of cyclic esters (lactones) is 1. The first-order chi connectivity index (χ1) is 14.5. The SMILES string of the molecule is NCCCc1ccc(F)c(C(=O)N2CCC3(CC2)CC(CN2CCCC2)OC3=O)c1. The number of esters is 1. The van der Waals surface area contributed by atoms with Crippen molar-refractivity contribution in [1.82, 2.24) is 9.80 Å². The van der Waals surface area contributed by atoms with Gasteiger partial charge < -0.3 is 15.4 Å². The van der Waals surface area contributed by atoms with Crippen molar-refractivity contribution in [3.8, 4) is 0 Å². The minimum Gasteiger partial charge on any atom is -0.461 e. The molecule has 1 aromatic carbocycles. The van der Waals surface area contributed by atoms with Crippen molar-refractivity contribution in [1.29, 1.82) is 0 Å². The van der Waals surface area contributed by atoms with Gasteiger partial charge in [0.1, 0.15) is 11.9 Å². The molecule has 0 saturated carbocycles. The fourth-order valence-corrected chi connectivity index (χ4v) is 5.11. The molecule has 2 N–H and O–H groups in total. The van der Waals surface area contributed by atoms with E-state index in [4.69, 9.17) is 10.5 Å². The molecule has 0 bridgehead atoms. The normalized spacial score (nSPS) is 23.9. The molecule has 3 saturated heterocycles. The minimum atomic E-state index is -0.497. The molecule has 0 aromatic heterocycles. The third kappa shape index (κ3) is 4.37. The number of ether oxygens (including phenoxy) is 1. The summed E-state index contributed by atoms with van der Waals surface area (Å²) in [6, 6.07) is 4.72. The van der Waals surface area contributed by atoms with Crippen LogP contribution in [-0.2, 0) is 16.0 Å². The molecule has 0 aliphatic carbocycles. The molecule has 1 aromatic rings. The lowest BCUT2D eigenvalue weighted by atomic mass is 9.76. The van der Waals surface area contributed by atoms with E-state index >= 15 is 0 Å². The molecule has 3 aliphatic rings. The number of piperidine rings is 1. The molecule has 1 spiro atoms. The van der Waals surface area contributed by atoms with Gasteiger partial charge in [-0.15, -0.1) is 0 Å². The monoisotopic (exact) mass is 417 g/mol. The Balaban J connectivity index is 1.37. The first-order valence-corrected chi connectivity index (χ1v) is 11.2. The molecule has 3 fully saturated rings. The maximum absolute atomic E-state index is 14.3. The average Bonchev–Trinajstić information content (AvgIpc) is 3.36. The highest BCUT2D eigenvalue weighted by Crippen LogP contribution is 2.43. The molecule has 6 nitrogen and oxygen atoms in total. The van der Waals surface area contributed by atoms with Crippen molar-refractivity contribution < 1.29 is 18.7 Å². The lowest BCUT2D eigenvalue weighted by Gasteiger charge is -2.36. The highest BCUT2D eigenvalue weighted by atomic mass is 19.1. The second-order valence-electron chi connectivity index (χ2n) is 9.02. The fraction of sp³-hybridized carbons (Fsp3) is 0.652. The van der Waals surface area contributed by atoms with Crippen LogP contribution in [0.4, 0.5) is 4.39 Å². The minimum absolute atomic E-state index is 0.0467.